The predicted molar refractivity (Wildman–Crippen MR) is 51.8 cm³/mol. The first-order chi connectivity index (χ1) is 6.34. The minimum atomic E-state index is 0.141. The molecule has 1 heterocycles. The molecule has 68 valence electrons. The molecule has 2 heteroatoms. The maximum atomic E-state index is 8.99. The summed E-state index contributed by atoms with van der Waals surface area (Å²) < 4.78 is 0. The fraction of sp³-hybridized carbons (Fsp3) is 0.455. The van der Waals surface area contributed by atoms with E-state index in [1.165, 1.54) is 24.1 Å². The van der Waals surface area contributed by atoms with Crippen molar-refractivity contribution in [2.75, 3.05) is 11.9 Å². The maximum Gasteiger partial charge on any atom is 0.0682 e. The van der Waals surface area contributed by atoms with Crippen LogP contribution in [0.4, 0.5) is 5.69 Å². The molecule has 0 radical (unpaired) electrons. The zero-order chi connectivity index (χ0) is 8.89. The van der Waals surface area contributed by atoms with Gasteiger partial charge in [-0.2, -0.15) is 0 Å². The van der Waals surface area contributed by atoms with Crippen molar-refractivity contribution in [3.63, 3.8) is 0 Å². The van der Waals surface area contributed by atoms with Crippen molar-refractivity contribution in [3.05, 3.63) is 29.3 Å². The zero-order valence-corrected chi connectivity index (χ0v) is 7.51. The number of aliphatic hydroxyl groups is 1. The third-order valence-electron chi connectivity index (χ3n) is 3.31. The van der Waals surface area contributed by atoms with E-state index in [1.54, 1.807) is 0 Å². The molecule has 13 heavy (non-hydrogen) atoms. The third-order valence-corrected chi connectivity index (χ3v) is 3.31. The summed E-state index contributed by atoms with van der Waals surface area (Å²) in [6.45, 7) is 1.24. The van der Waals surface area contributed by atoms with Gasteiger partial charge in [0.2, 0.25) is 0 Å². The molecule has 0 bridgehead atoms. The Kier molecular flexibility index (Phi) is 1.29. The second-order valence-electron chi connectivity index (χ2n) is 4.17. The Morgan fingerprint density at radius 3 is 2.92 bits per heavy atom. The van der Waals surface area contributed by atoms with Gasteiger partial charge in [0.25, 0.3) is 0 Å². The molecule has 0 aromatic heterocycles. The number of anilines is 1. The molecule has 1 aliphatic carbocycles. The number of rotatable bonds is 1. The minimum absolute atomic E-state index is 0.141. The van der Waals surface area contributed by atoms with Gasteiger partial charge in [0.05, 0.1) is 6.61 Å². The number of aliphatic hydroxyl groups excluding tert-OH is 1. The Hall–Kier alpha value is -1.02. The lowest BCUT2D eigenvalue weighted by Gasteiger charge is -2.05. The van der Waals surface area contributed by atoms with Gasteiger partial charge < -0.3 is 10.4 Å². The lowest BCUT2D eigenvalue weighted by Crippen LogP contribution is -2.07. The molecule has 3 rings (SSSR count). The first-order valence-electron chi connectivity index (χ1n) is 4.82. The van der Waals surface area contributed by atoms with E-state index < -0.39 is 0 Å². The molecule has 2 nitrogen and oxygen atoms in total. The molecule has 1 fully saturated rings. The summed E-state index contributed by atoms with van der Waals surface area (Å²) in [5.74, 6) is 0. The molecule has 0 unspecified atom stereocenters. The molecule has 2 aliphatic rings. The topological polar surface area (TPSA) is 32.3 Å². The standard InChI is InChI=1S/C11H13NO/c13-6-8-1-2-9-10(5-8)12-7-11(9)3-4-11/h1-2,5,12-13H,3-4,6-7H2. The first kappa shape index (κ1) is 7.39. The average Bonchev–Trinajstić information content (AvgIpc) is 2.86. The number of nitrogens with one attached hydrogen (secondary N) is 1. The fourth-order valence-corrected chi connectivity index (χ4v) is 2.26. The average molecular weight is 175 g/mol. The van der Waals surface area contributed by atoms with Crippen LogP contribution in [-0.2, 0) is 12.0 Å². The van der Waals surface area contributed by atoms with Gasteiger partial charge in [0.1, 0.15) is 0 Å². The number of benzene rings is 1. The lowest BCUT2D eigenvalue weighted by molar-refractivity contribution is 0.282. The largest absolute Gasteiger partial charge is 0.392 e. The smallest absolute Gasteiger partial charge is 0.0682 e. The van der Waals surface area contributed by atoms with Gasteiger partial charge in [-0.3, -0.25) is 0 Å². The Morgan fingerprint density at radius 2 is 2.23 bits per heavy atom. The normalized spacial score (nSPS) is 21.3. The monoisotopic (exact) mass is 175 g/mol. The van der Waals surface area contributed by atoms with E-state index in [-0.39, 0.29) is 6.61 Å². The van der Waals surface area contributed by atoms with E-state index in [1.807, 2.05) is 6.07 Å². The van der Waals surface area contributed by atoms with Crippen LogP contribution in [0.25, 0.3) is 0 Å². The summed E-state index contributed by atoms with van der Waals surface area (Å²) in [4.78, 5) is 0. The van der Waals surface area contributed by atoms with Crippen LogP contribution in [0.2, 0.25) is 0 Å². The van der Waals surface area contributed by atoms with Crippen LogP contribution in [0, 0.1) is 0 Å². The van der Waals surface area contributed by atoms with E-state index in [0.717, 1.165) is 12.1 Å². The Labute approximate surface area is 77.6 Å². The molecule has 0 atom stereocenters. The van der Waals surface area contributed by atoms with Crippen LogP contribution in [-0.4, -0.2) is 11.7 Å². The summed E-state index contributed by atoms with van der Waals surface area (Å²) in [6.07, 6.45) is 2.65. The first-order valence-corrected chi connectivity index (χ1v) is 4.82. The van der Waals surface area contributed by atoms with E-state index >= 15 is 0 Å². The van der Waals surface area contributed by atoms with Crippen LogP contribution in [0.5, 0.6) is 0 Å². The highest BCUT2D eigenvalue weighted by Crippen LogP contribution is 2.54. The van der Waals surface area contributed by atoms with Crippen molar-refractivity contribution < 1.29 is 5.11 Å². The lowest BCUT2D eigenvalue weighted by atomic mass is 9.97. The van der Waals surface area contributed by atoms with Crippen LogP contribution in [0.3, 0.4) is 0 Å². The molecule has 1 saturated carbocycles. The quantitative estimate of drug-likeness (QED) is 0.680. The highest BCUT2D eigenvalue weighted by Gasteiger charge is 2.48. The van der Waals surface area contributed by atoms with E-state index in [0.29, 0.717) is 5.41 Å². The van der Waals surface area contributed by atoms with Gasteiger partial charge in [-0.25, -0.2) is 0 Å². The van der Waals surface area contributed by atoms with Crippen LogP contribution in [0.1, 0.15) is 24.0 Å². The van der Waals surface area contributed by atoms with Crippen molar-refractivity contribution >= 4 is 5.69 Å². The summed E-state index contributed by atoms with van der Waals surface area (Å²) in [7, 11) is 0. The maximum absolute atomic E-state index is 8.99. The van der Waals surface area contributed by atoms with Crippen molar-refractivity contribution in [3.8, 4) is 0 Å². The molecule has 1 spiro atoms. The van der Waals surface area contributed by atoms with Crippen LogP contribution < -0.4 is 5.32 Å². The summed E-state index contributed by atoms with van der Waals surface area (Å²) in [6, 6.07) is 6.28. The predicted octanol–water partition coefficient (Wildman–Crippen LogP) is 1.64. The second kappa shape index (κ2) is 2.26. The number of fused-ring (bicyclic) bond motifs is 2. The Morgan fingerprint density at radius 1 is 1.38 bits per heavy atom. The van der Waals surface area contributed by atoms with E-state index in [9.17, 15) is 0 Å². The highest BCUT2D eigenvalue weighted by atomic mass is 16.3. The number of hydrogen-bond acceptors (Lipinski definition) is 2. The van der Waals surface area contributed by atoms with Crippen molar-refractivity contribution in [2.45, 2.75) is 24.9 Å². The van der Waals surface area contributed by atoms with E-state index in [4.69, 9.17) is 5.11 Å². The minimum Gasteiger partial charge on any atom is -0.392 e. The summed E-state index contributed by atoms with van der Waals surface area (Å²) >= 11 is 0. The van der Waals surface area contributed by atoms with Crippen LogP contribution in [0.15, 0.2) is 18.2 Å². The SMILES string of the molecule is OCc1ccc2c(c1)NCC21CC1. The molecule has 2 N–H and O–H groups in total. The molecule has 1 aromatic rings. The van der Waals surface area contributed by atoms with Gasteiger partial charge in [-0.1, -0.05) is 12.1 Å². The van der Waals surface area contributed by atoms with Crippen LogP contribution >= 0.6 is 0 Å². The fourth-order valence-electron chi connectivity index (χ4n) is 2.26. The van der Waals surface area contributed by atoms with Crippen molar-refractivity contribution in [2.24, 2.45) is 0 Å². The Balaban J connectivity index is 2.09. The second-order valence-corrected chi connectivity index (χ2v) is 4.17. The molecular weight excluding hydrogens is 162 g/mol. The third kappa shape index (κ3) is 0.923. The van der Waals surface area contributed by atoms with Crippen molar-refractivity contribution in [1.29, 1.82) is 0 Å². The summed E-state index contributed by atoms with van der Waals surface area (Å²) in [5.41, 5.74) is 4.18. The van der Waals surface area contributed by atoms with E-state index in [2.05, 4.69) is 17.4 Å². The molecule has 0 saturated heterocycles. The van der Waals surface area contributed by atoms with Gasteiger partial charge in [-0.05, 0) is 30.0 Å². The Bertz CT molecular complexity index is 355. The molecule has 1 aliphatic heterocycles. The highest BCUT2D eigenvalue weighted by molar-refractivity contribution is 5.63. The summed E-state index contributed by atoms with van der Waals surface area (Å²) in [5, 5.41) is 12.4. The van der Waals surface area contributed by atoms with Gasteiger partial charge >= 0.3 is 0 Å². The van der Waals surface area contributed by atoms with Gasteiger partial charge in [0.15, 0.2) is 0 Å². The molecular formula is C11H13NO. The number of hydrogen-bond donors (Lipinski definition) is 2. The van der Waals surface area contributed by atoms with Crippen molar-refractivity contribution in [1.82, 2.24) is 0 Å². The molecule has 0 amide bonds. The molecule has 1 aromatic carbocycles. The van der Waals surface area contributed by atoms with Gasteiger partial charge in [0, 0.05) is 17.6 Å². The van der Waals surface area contributed by atoms with Gasteiger partial charge in [-0.15, -0.1) is 0 Å². The zero-order valence-electron chi connectivity index (χ0n) is 7.51.